The number of hydrogen-bond acceptors (Lipinski definition) is 4. The van der Waals surface area contributed by atoms with Crippen LogP contribution in [0.5, 0.6) is 0 Å². The van der Waals surface area contributed by atoms with Gasteiger partial charge in [0.15, 0.2) is 0 Å². The molecule has 0 aliphatic carbocycles. The molecule has 1 aliphatic rings. The summed E-state index contributed by atoms with van der Waals surface area (Å²) < 4.78 is 7.58. The first kappa shape index (κ1) is 7.21. The lowest BCUT2D eigenvalue weighted by molar-refractivity contribution is -0.136. The fraction of sp³-hybridized carbons (Fsp3) is 0.167. The molecule has 0 spiro atoms. The van der Waals surface area contributed by atoms with Crippen LogP contribution in [0.25, 0.3) is 0 Å². The maximum absolute atomic E-state index is 10.4. The highest BCUT2D eigenvalue weighted by molar-refractivity contribution is 8.00. The fourth-order valence-electron chi connectivity index (χ4n) is 0.510. The van der Waals surface area contributed by atoms with Gasteiger partial charge in [0, 0.05) is 6.92 Å². The minimum Gasteiger partial charge on any atom is -0.425 e. The van der Waals surface area contributed by atoms with Crippen molar-refractivity contribution in [2.45, 2.75) is 6.92 Å². The van der Waals surface area contributed by atoms with Crippen molar-refractivity contribution in [2.75, 3.05) is 0 Å². The third-order valence-corrected chi connectivity index (χ3v) is 1.36. The second kappa shape index (κ2) is 3.31. The van der Waals surface area contributed by atoms with E-state index in [2.05, 4.69) is 4.72 Å². The van der Waals surface area contributed by atoms with Gasteiger partial charge in [0.05, 0.1) is 6.20 Å². The first-order chi connectivity index (χ1) is 4.79. The zero-order valence-corrected chi connectivity index (χ0v) is 6.27. The molecule has 10 heavy (non-hydrogen) atoms. The van der Waals surface area contributed by atoms with Gasteiger partial charge >= 0.3 is 5.97 Å². The summed E-state index contributed by atoms with van der Waals surface area (Å²) in [5, 5.41) is 1.80. The highest BCUT2D eigenvalue weighted by atomic mass is 32.2. The monoisotopic (exact) mass is 157 g/mol. The van der Waals surface area contributed by atoms with E-state index in [1.807, 2.05) is 0 Å². The second-order valence-corrected chi connectivity index (χ2v) is 2.42. The summed E-state index contributed by atoms with van der Waals surface area (Å²) in [5.41, 5.74) is 0. The van der Waals surface area contributed by atoms with Gasteiger partial charge in [0.25, 0.3) is 0 Å². The molecule has 0 saturated carbocycles. The fourth-order valence-corrected chi connectivity index (χ4v) is 0.975. The van der Waals surface area contributed by atoms with Crippen molar-refractivity contribution >= 4 is 17.9 Å². The molecule has 1 rings (SSSR count). The minimum atomic E-state index is -0.301. The second-order valence-electron chi connectivity index (χ2n) is 1.68. The summed E-state index contributed by atoms with van der Waals surface area (Å²) >= 11 is 1.43. The Kier molecular flexibility index (Phi) is 2.39. The van der Waals surface area contributed by atoms with Crippen LogP contribution in [-0.4, -0.2) is 5.97 Å². The number of carbonyl (C=O) groups is 1. The lowest BCUT2D eigenvalue weighted by Crippen LogP contribution is -2.03. The molecule has 1 N–H and O–H groups in total. The smallest absolute Gasteiger partial charge is 0.308 e. The molecule has 0 aromatic heterocycles. The van der Waals surface area contributed by atoms with Crippen molar-refractivity contribution in [3.63, 3.8) is 0 Å². The topological polar surface area (TPSA) is 38.3 Å². The van der Waals surface area contributed by atoms with Gasteiger partial charge in [-0.25, -0.2) is 0 Å². The Balaban J connectivity index is 2.48. The van der Waals surface area contributed by atoms with E-state index in [1.165, 1.54) is 18.9 Å². The molecule has 1 heterocycles. The van der Waals surface area contributed by atoms with Crippen LogP contribution in [0, 0.1) is 0 Å². The normalized spacial score (nSPS) is 15.5. The van der Waals surface area contributed by atoms with E-state index in [-0.39, 0.29) is 5.97 Å². The van der Waals surface area contributed by atoms with Crippen LogP contribution in [0.2, 0.25) is 0 Å². The minimum absolute atomic E-state index is 0.301. The summed E-state index contributed by atoms with van der Waals surface area (Å²) in [6.07, 6.45) is 3.36. The standard InChI is InChI=1S/C6H7NO2S/c1-5(8)9-6-2-3-10-7-4-6/h2-4,7H,1H3. The molecule has 3 nitrogen and oxygen atoms in total. The Morgan fingerprint density at radius 2 is 2.60 bits per heavy atom. The van der Waals surface area contributed by atoms with Crippen molar-refractivity contribution in [3.8, 4) is 0 Å². The number of nitrogens with one attached hydrogen (secondary N) is 1. The first-order valence-electron chi connectivity index (χ1n) is 2.75. The summed E-state index contributed by atoms with van der Waals surface area (Å²) in [7, 11) is 0. The summed E-state index contributed by atoms with van der Waals surface area (Å²) in [6.45, 7) is 1.37. The Hall–Kier alpha value is -0.900. The zero-order chi connectivity index (χ0) is 7.40. The number of carbonyl (C=O) groups excluding carboxylic acids is 1. The largest absolute Gasteiger partial charge is 0.425 e. The molecule has 0 bridgehead atoms. The molecule has 0 aromatic carbocycles. The van der Waals surface area contributed by atoms with Crippen LogP contribution in [0.3, 0.4) is 0 Å². The molecule has 0 amide bonds. The van der Waals surface area contributed by atoms with Crippen LogP contribution in [-0.2, 0) is 9.53 Å². The molecule has 54 valence electrons. The van der Waals surface area contributed by atoms with Crippen LogP contribution < -0.4 is 4.72 Å². The van der Waals surface area contributed by atoms with Crippen LogP contribution in [0.4, 0.5) is 0 Å². The van der Waals surface area contributed by atoms with Crippen molar-refractivity contribution in [1.29, 1.82) is 0 Å². The number of esters is 1. The van der Waals surface area contributed by atoms with Gasteiger partial charge in [-0.05, 0) is 23.4 Å². The van der Waals surface area contributed by atoms with Gasteiger partial charge in [-0.15, -0.1) is 0 Å². The molecule has 0 atom stereocenters. The third kappa shape index (κ3) is 2.14. The molecule has 0 saturated heterocycles. The molecular formula is C6H7NO2S. The Bertz CT molecular complexity index is 198. The number of hydrogen-bond donors (Lipinski definition) is 1. The Labute approximate surface area is 63.3 Å². The van der Waals surface area contributed by atoms with Crippen LogP contribution in [0.15, 0.2) is 23.4 Å². The summed E-state index contributed by atoms with van der Waals surface area (Å²) in [4.78, 5) is 10.4. The number of rotatable bonds is 1. The van der Waals surface area contributed by atoms with Gasteiger partial charge in [0.1, 0.15) is 5.76 Å². The Morgan fingerprint density at radius 1 is 1.80 bits per heavy atom. The van der Waals surface area contributed by atoms with Gasteiger partial charge in [0.2, 0.25) is 0 Å². The molecule has 0 unspecified atom stereocenters. The molecule has 0 radical (unpaired) electrons. The summed E-state index contributed by atoms with van der Waals surface area (Å²) in [5.74, 6) is 0.246. The maximum atomic E-state index is 10.4. The molecule has 1 aliphatic heterocycles. The highest BCUT2D eigenvalue weighted by Crippen LogP contribution is 2.09. The SMILES string of the molecule is CC(=O)OC1=CNSC=C1. The van der Waals surface area contributed by atoms with Gasteiger partial charge in [-0.1, -0.05) is 0 Å². The number of allylic oxidation sites excluding steroid dienone is 1. The van der Waals surface area contributed by atoms with Crippen LogP contribution >= 0.6 is 11.9 Å². The van der Waals surface area contributed by atoms with Crippen LogP contribution in [0.1, 0.15) is 6.92 Å². The molecule has 0 aromatic rings. The molecule has 0 fully saturated rings. The van der Waals surface area contributed by atoms with Crippen molar-refractivity contribution in [1.82, 2.24) is 4.72 Å². The van der Waals surface area contributed by atoms with Gasteiger partial charge in [-0.3, -0.25) is 4.79 Å². The van der Waals surface area contributed by atoms with Gasteiger partial charge < -0.3 is 9.46 Å². The third-order valence-electron chi connectivity index (χ3n) is 0.831. The average Bonchev–Trinajstić information content (AvgIpc) is 1.88. The van der Waals surface area contributed by atoms with Crippen molar-refractivity contribution < 1.29 is 9.53 Å². The molecule has 4 heteroatoms. The average molecular weight is 157 g/mol. The van der Waals surface area contributed by atoms with Crippen molar-refractivity contribution in [2.24, 2.45) is 0 Å². The van der Waals surface area contributed by atoms with Gasteiger partial charge in [-0.2, -0.15) is 0 Å². The quantitative estimate of drug-likeness (QED) is 0.458. The highest BCUT2D eigenvalue weighted by Gasteiger charge is 1.99. The maximum Gasteiger partial charge on any atom is 0.308 e. The van der Waals surface area contributed by atoms with Crippen molar-refractivity contribution in [3.05, 3.63) is 23.4 Å². The van der Waals surface area contributed by atoms with E-state index in [4.69, 9.17) is 4.74 Å². The lowest BCUT2D eigenvalue weighted by Gasteiger charge is -2.05. The van der Waals surface area contributed by atoms with E-state index in [1.54, 1.807) is 17.7 Å². The predicted molar refractivity (Wildman–Crippen MR) is 39.7 cm³/mol. The zero-order valence-electron chi connectivity index (χ0n) is 5.46. The summed E-state index contributed by atoms with van der Waals surface area (Å²) in [6, 6.07) is 0. The van der Waals surface area contributed by atoms with E-state index in [0.717, 1.165) is 0 Å². The van der Waals surface area contributed by atoms with E-state index in [9.17, 15) is 4.79 Å². The first-order valence-corrected chi connectivity index (χ1v) is 3.63. The van der Waals surface area contributed by atoms with E-state index < -0.39 is 0 Å². The predicted octanol–water partition coefficient (Wildman–Crippen LogP) is 1.16. The molecular weight excluding hydrogens is 150 g/mol. The Morgan fingerprint density at radius 3 is 3.10 bits per heavy atom. The van der Waals surface area contributed by atoms with E-state index in [0.29, 0.717) is 5.76 Å². The lowest BCUT2D eigenvalue weighted by atomic mass is 10.5. The number of ether oxygens (including phenoxy) is 1. The van der Waals surface area contributed by atoms with E-state index >= 15 is 0 Å².